The van der Waals surface area contributed by atoms with Crippen molar-refractivity contribution in [2.24, 2.45) is 0 Å². The Bertz CT molecular complexity index is 1050. The minimum absolute atomic E-state index is 0.506. The van der Waals surface area contributed by atoms with Crippen molar-refractivity contribution in [3.8, 4) is 17.0 Å². The molecule has 0 aliphatic heterocycles. The van der Waals surface area contributed by atoms with Gasteiger partial charge in [0.05, 0.1) is 23.4 Å². The molecule has 3 aromatic rings. The van der Waals surface area contributed by atoms with Crippen LogP contribution in [-0.2, 0) is 6.18 Å². The van der Waals surface area contributed by atoms with Gasteiger partial charge in [-0.15, -0.1) is 11.3 Å². The summed E-state index contributed by atoms with van der Waals surface area (Å²) in [6.45, 7) is 6.27. The van der Waals surface area contributed by atoms with Crippen LogP contribution in [0.1, 0.15) is 29.3 Å². The summed E-state index contributed by atoms with van der Waals surface area (Å²) in [7, 11) is 1.57. The third-order valence-corrected chi connectivity index (χ3v) is 6.03. The zero-order valence-electron chi connectivity index (χ0n) is 17.1. The molecule has 0 unspecified atom stereocenters. The summed E-state index contributed by atoms with van der Waals surface area (Å²) in [4.78, 5) is 7.55. The molecule has 2 aromatic carbocycles. The molecule has 0 radical (unpaired) electrons. The Morgan fingerprint density at radius 2 is 1.87 bits per heavy atom. The van der Waals surface area contributed by atoms with E-state index < -0.39 is 11.7 Å². The van der Waals surface area contributed by atoms with Gasteiger partial charge in [0.2, 0.25) is 0 Å². The van der Waals surface area contributed by atoms with E-state index in [9.17, 15) is 13.2 Å². The molecular formula is C22H22ClF3N2OS. The molecule has 0 amide bonds. The predicted octanol–water partition coefficient (Wildman–Crippen LogP) is 7.66. The van der Waals surface area contributed by atoms with Crippen LogP contribution in [0.4, 0.5) is 24.0 Å². The Morgan fingerprint density at radius 3 is 2.47 bits per heavy atom. The van der Waals surface area contributed by atoms with Gasteiger partial charge in [-0.05, 0) is 56.2 Å². The Labute approximate surface area is 183 Å². The van der Waals surface area contributed by atoms with Gasteiger partial charge >= 0.3 is 6.18 Å². The summed E-state index contributed by atoms with van der Waals surface area (Å²) in [5, 5.41) is 1.14. The van der Waals surface area contributed by atoms with Gasteiger partial charge in [-0.2, -0.15) is 13.2 Å². The zero-order chi connectivity index (χ0) is 22.1. The molecule has 3 rings (SSSR count). The normalized spacial score (nSPS) is 11.6. The van der Waals surface area contributed by atoms with E-state index in [0.717, 1.165) is 28.5 Å². The molecule has 8 heteroatoms. The molecule has 0 aliphatic carbocycles. The highest BCUT2D eigenvalue weighted by Gasteiger charge is 2.31. The second-order valence-electron chi connectivity index (χ2n) is 6.90. The molecule has 0 atom stereocenters. The lowest BCUT2D eigenvalue weighted by Gasteiger charge is -2.24. The van der Waals surface area contributed by atoms with Crippen molar-refractivity contribution in [1.82, 2.24) is 4.98 Å². The standard InChI is InChI=1S/C22H22ClF3N2OS/c1-5-10-28(19-11-15(22(24,25)26)7-6-13(19)2)21-27-20(14(3)30-21)17-9-8-16(29-4)12-18(17)23/h6-9,11-12H,5,10H2,1-4H3. The Hall–Kier alpha value is -2.25. The number of aryl methyl sites for hydroxylation is 2. The monoisotopic (exact) mass is 454 g/mol. The number of nitrogens with zero attached hydrogens (tertiary/aromatic N) is 2. The summed E-state index contributed by atoms with van der Waals surface area (Å²) in [6, 6.07) is 9.17. The van der Waals surface area contributed by atoms with Crippen molar-refractivity contribution < 1.29 is 17.9 Å². The highest BCUT2D eigenvalue weighted by atomic mass is 35.5. The molecule has 1 aromatic heterocycles. The summed E-state index contributed by atoms with van der Waals surface area (Å²) >= 11 is 7.86. The van der Waals surface area contributed by atoms with Gasteiger partial charge < -0.3 is 9.64 Å². The molecule has 30 heavy (non-hydrogen) atoms. The van der Waals surface area contributed by atoms with Crippen molar-refractivity contribution >= 4 is 33.8 Å². The van der Waals surface area contributed by atoms with Gasteiger partial charge in [-0.25, -0.2) is 4.98 Å². The van der Waals surface area contributed by atoms with E-state index in [1.54, 1.807) is 26.2 Å². The summed E-state index contributed by atoms with van der Waals surface area (Å²) in [5.41, 5.74) is 2.07. The number of ether oxygens (including phenoxy) is 1. The van der Waals surface area contributed by atoms with Crippen LogP contribution in [0.3, 0.4) is 0 Å². The molecule has 0 aliphatic rings. The number of aromatic nitrogens is 1. The highest BCUT2D eigenvalue weighted by molar-refractivity contribution is 7.16. The van der Waals surface area contributed by atoms with E-state index in [-0.39, 0.29) is 0 Å². The number of halogens is 4. The second-order valence-corrected chi connectivity index (χ2v) is 8.49. The summed E-state index contributed by atoms with van der Waals surface area (Å²) in [6.07, 6.45) is -3.64. The third-order valence-electron chi connectivity index (χ3n) is 4.72. The van der Waals surface area contributed by atoms with Crippen molar-refractivity contribution in [1.29, 1.82) is 0 Å². The molecule has 0 saturated carbocycles. The Kier molecular flexibility index (Phi) is 6.62. The topological polar surface area (TPSA) is 25.4 Å². The quantitative estimate of drug-likeness (QED) is 0.382. The fourth-order valence-electron chi connectivity index (χ4n) is 3.18. The van der Waals surface area contributed by atoms with Gasteiger partial charge in [-0.3, -0.25) is 0 Å². The molecule has 0 bridgehead atoms. The third kappa shape index (κ3) is 4.57. The van der Waals surface area contributed by atoms with Crippen LogP contribution in [0.2, 0.25) is 5.02 Å². The van der Waals surface area contributed by atoms with Crippen molar-refractivity contribution in [2.75, 3.05) is 18.6 Å². The van der Waals surface area contributed by atoms with Crippen LogP contribution >= 0.6 is 22.9 Å². The second kappa shape index (κ2) is 8.86. The molecule has 3 nitrogen and oxygen atoms in total. The molecule has 0 spiro atoms. The summed E-state index contributed by atoms with van der Waals surface area (Å²) < 4.78 is 45.1. The van der Waals surface area contributed by atoms with Crippen molar-refractivity contribution in [3.05, 3.63) is 57.4 Å². The maximum Gasteiger partial charge on any atom is 0.416 e. The fraction of sp³-hybridized carbons (Fsp3) is 0.318. The van der Waals surface area contributed by atoms with Crippen LogP contribution in [0, 0.1) is 13.8 Å². The maximum atomic E-state index is 13.3. The van der Waals surface area contributed by atoms with E-state index in [2.05, 4.69) is 0 Å². The maximum absolute atomic E-state index is 13.3. The molecule has 0 fully saturated rings. The molecular weight excluding hydrogens is 433 g/mol. The van der Waals surface area contributed by atoms with Gasteiger partial charge in [0.25, 0.3) is 0 Å². The molecule has 0 saturated heterocycles. The number of benzene rings is 2. The number of rotatable bonds is 6. The molecule has 0 N–H and O–H groups in total. The van der Waals surface area contributed by atoms with Gasteiger partial charge in [0, 0.05) is 22.7 Å². The molecule has 160 valence electrons. The first kappa shape index (κ1) is 22.4. The average molecular weight is 455 g/mol. The number of thiazole rings is 1. The van der Waals surface area contributed by atoms with Gasteiger partial charge in [-0.1, -0.05) is 24.6 Å². The van der Waals surface area contributed by atoms with E-state index in [1.807, 2.05) is 24.8 Å². The average Bonchev–Trinajstić information content (AvgIpc) is 3.06. The van der Waals surface area contributed by atoms with Gasteiger partial charge in [0.15, 0.2) is 5.13 Å². The minimum Gasteiger partial charge on any atom is -0.497 e. The van der Waals surface area contributed by atoms with E-state index >= 15 is 0 Å². The lowest BCUT2D eigenvalue weighted by atomic mass is 10.1. The number of hydrogen-bond donors (Lipinski definition) is 0. The Balaban J connectivity index is 2.08. The number of methoxy groups -OCH3 is 1. The van der Waals surface area contributed by atoms with Crippen molar-refractivity contribution in [3.63, 3.8) is 0 Å². The number of hydrogen-bond acceptors (Lipinski definition) is 4. The van der Waals surface area contributed by atoms with E-state index in [0.29, 0.717) is 33.8 Å². The minimum atomic E-state index is -4.40. The largest absolute Gasteiger partial charge is 0.497 e. The first-order chi connectivity index (χ1) is 14.2. The molecule has 1 heterocycles. The Morgan fingerprint density at radius 1 is 1.13 bits per heavy atom. The number of anilines is 2. The van der Waals surface area contributed by atoms with Crippen molar-refractivity contribution in [2.45, 2.75) is 33.4 Å². The first-order valence-corrected chi connectivity index (χ1v) is 10.6. The van der Waals surface area contributed by atoms with Crippen LogP contribution in [0.5, 0.6) is 5.75 Å². The van der Waals surface area contributed by atoms with Gasteiger partial charge in [0.1, 0.15) is 5.75 Å². The number of alkyl halides is 3. The smallest absolute Gasteiger partial charge is 0.416 e. The fourth-order valence-corrected chi connectivity index (χ4v) is 4.40. The predicted molar refractivity (Wildman–Crippen MR) is 117 cm³/mol. The van der Waals surface area contributed by atoms with Crippen LogP contribution in [-0.4, -0.2) is 18.6 Å². The lowest BCUT2D eigenvalue weighted by Crippen LogP contribution is -2.19. The lowest BCUT2D eigenvalue weighted by molar-refractivity contribution is -0.137. The SMILES string of the molecule is CCCN(c1nc(-c2ccc(OC)cc2Cl)c(C)s1)c1cc(C(F)(F)F)ccc1C. The summed E-state index contributed by atoms with van der Waals surface area (Å²) in [5.74, 6) is 0.643. The van der Waals surface area contributed by atoms with Crippen LogP contribution < -0.4 is 9.64 Å². The highest BCUT2D eigenvalue weighted by Crippen LogP contribution is 2.41. The van der Waals surface area contributed by atoms with Crippen LogP contribution in [0.15, 0.2) is 36.4 Å². The van der Waals surface area contributed by atoms with E-state index in [4.69, 9.17) is 21.3 Å². The zero-order valence-corrected chi connectivity index (χ0v) is 18.7. The first-order valence-electron chi connectivity index (χ1n) is 9.42. The van der Waals surface area contributed by atoms with E-state index in [1.165, 1.54) is 23.5 Å². The van der Waals surface area contributed by atoms with Crippen LogP contribution in [0.25, 0.3) is 11.3 Å².